The Morgan fingerprint density at radius 1 is 0.467 bits per heavy atom. The maximum absolute atomic E-state index is 9.52. The Balaban J connectivity index is -0.0000000626. The van der Waals surface area contributed by atoms with Crippen LogP contribution in [0.1, 0.15) is 0 Å². The molecule has 0 bridgehead atoms. The number of carboxylic acid groups (broad SMARTS) is 4. The van der Waals surface area contributed by atoms with Crippen LogP contribution in [0, 0.1) is 0 Å². The molecule has 0 aromatic heterocycles. The van der Waals surface area contributed by atoms with Crippen LogP contribution < -0.4 is 0 Å². The second-order valence-corrected chi connectivity index (χ2v) is 4.15. The number of aliphatic hydroxyl groups excluding tert-OH is 8. The van der Waals surface area contributed by atoms with Gasteiger partial charge in [0.1, 0.15) is 0 Å². The van der Waals surface area contributed by atoms with Crippen LogP contribution in [0.3, 0.4) is 0 Å². The second kappa shape index (κ2) is 27.6. The maximum Gasteiger partial charge on any atom is 0.334 e. The van der Waals surface area contributed by atoms with Gasteiger partial charge in [-0.15, -0.1) is 0 Å². The standard InChI is InChI=1S/4C3H6O4.Co.Fe/c4*4-1-2(5)3(6)7;;/h4*2,4-5H,1H2,(H,6,7);;. The predicted octanol–water partition coefficient (Wildman–Crippen LogP) is -6.31. The molecule has 1 radical (unpaired) electrons. The summed E-state index contributed by atoms with van der Waals surface area (Å²) in [6, 6.07) is 0. The fourth-order valence-corrected chi connectivity index (χ4v) is 0.312. The minimum absolute atomic E-state index is 0. The van der Waals surface area contributed by atoms with Crippen molar-refractivity contribution in [3.05, 3.63) is 0 Å². The number of rotatable bonds is 8. The third-order valence-electron chi connectivity index (χ3n) is 1.83. The van der Waals surface area contributed by atoms with Gasteiger partial charge in [-0.2, -0.15) is 0 Å². The topological polar surface area (TPSA) is 311 Å². The van der Waals surface area contributed by atoms with Crippen molar-refractivity contribution in [2.75, 3.05) is 26.4 Å². The van der Waals surface area contributed by atoms with Crippen molar-refractivity contribution >= 4 is 23.9 Å². The van der Waals surface area contributed by atoms with E-state index in [1.165, 1.54) is 0 Å². The molecule has 185 valence electrons. The first-order chi connectivity index (χ1) is 12.7. The van der Waals surface area contributed by atoms with E-state index < -0.39 is 74.7 Å². The Morgan fingerprint density at radius 3 is 0.567 bits per heavy atom. The average Bonchev–Trinajstić information content (AvgIpc) is 2.66. The fourth-order valence-electron chi connectivity index (χ4n) is 0.312. The molecule has 18 heteroatoms. The van der Waals surface area contributed by atoms with Gasteiger partial charge in [0.25, 0.3) is 0 Å². The summed E-state index contributed by atoms with van der Waals surface area (Å²) >= 11 is 0. The third kappa shape index (κ3) is 34.1. The maximum atomic E-state index is 9.52. The molecule has 4 unspecified atom stereocenters. The molecule has 12 N–H and O–H groups in total. The van der Waals surface area contributed by atoms with E-state index >= 15 is 0 Å². The van der Waals surface area contributed by atoms with Gasteiger partial charge in [-0.3, -0.25) is 0 Å². The molecule has 30 heavy (non-hydrogen) atoms. The summed E-state index contributed by atoms with van der Waals surface area (Å²) in [7, 11) is 0. The van der Waals surface area contributed by atoms with Crippen molar-refractivity contribution in [1.29, 1.82) is 0 Å². The van der Waals surface area contributed by atoms with E-state index in [4.69, 9.17) is 61.3 Å². The molecule has 0 aromatic rings. The molecular weight excluding hydrogens is 515 g/mol. The quantitative estimate of drug-likeness (QED) is 0.128. The zero-order valence-corrected chi connectivity index (χ0v) is 17.0. The van der Waals surface area contributed by atoms with Gasteiger partial charge >= 0.3 is 23.9 Å². The number of carbonyl (C=O) groups is 4. The third-order valence-corrected chi connectivity index (χ3v) is 1.83. The van der Waals surface area contributed by atoms with E-state index in [2.05, 4.69) is 0 Å². The van der Waals surface area contributed by atoms with E-state index in [9.17, 15) is 19.2 Å². The second-order valence-electron chi connectivity index (χ2n) is 4.15. The molecule has 0 aliphatic rings. The number of carboxylic acids is 4. The first-order valence-corrected chi connectivity index (χ1v) is 6.80. The van der Waals surface area contributed by atoms with Gasteiger partial charge in [0.15, 0.2) is 24.4 Å². The van der Waals surface area contributed by atoms with Crippen LogP contribution in [0.15, 0.2) is 0 Å². The van der Waals surface area contributed by atoms with Crippen molar-refractivity contribution in [2.45, 2.75) is 24.4 Å². The monoisotopic (exact) mass is 539 g/mol. The first kappa shape index (κ1) is 42.6. The van der Waals surface area contributed by atoms with Crippen molar-refractivity contribution < 1.29 is 114 Å². The van der Waals surface area contributed by atoms with Crippen molar-refractivity contribution in [2.24, 2.45) is 0 Å². The van der Waals surface area contributed by atoms with Crippen LogP contribution in [0.5, 0.6) is 0 Å². The smallest absolute Gasteiger partial charge is 0.334 e. The Hall–Kier alpha value is -1.41. The predicted molar refractivity (Wildman–Crippen MR) is 82.9 cm³/mol. The fraction of sp³-hybridized carbons (Fsp3) is 0.667. The Labute approximate surface area is 189 Å². The summed E-state index contributed by atoms with van der Waals surface area (Å²) in [5.74, 6) is -5.60. The van der Waals surface area contributed by atoms with Crippen molar-refractivity contribution in [3.8, 4) is 0 Å². The molecule has 0 aliphatic heterocycles. The van der Waals surface area contributed by atoms with Gasteiger partial charge in [0, 0.05) is 33.8 Å². The average molecular weight is 539 g/mol. The van der Waals surface area contributed by atoms with Crippen LogP contribution >= 0.6 is 0 Å². The van der Waals surface area contributed by atoms with E-state index in [0.29, 0.717) is 0 Å². The first-order valence-electron chi connectivity index (χ1n) is 6.80. The summed E-state index contributed by atoms with van der Waals surface area (Å²) in [5.41, 5.74) is 0. The zero-order chi connectivity index (χ0) is 23.4. The van der Waals surface area contributed by atoms with Crippen LogP contribution in [-0.2, 0) is 53.0 Å². The minimum Gasteiger partial charge on any atom is -0.479 e. The Bertz CT molecular complexity index is 370. The van der Waals surface area contributed by atoms with E-state index in [0.717, 1.165) is 0 Å². The summed E-state index contributed by atoms with van der Waals surface area (Å²) in [5, 5.41) is 94.9. The van der Waals surface area contributed by atoms with E-state index in [-0.39, 0.29) is 33.8 Å². The zero-order valence-electron chi connectivity index (χ0n) is 14.8. The number of hydrogen-bond donors (Lipinski definition) is 12. The van der Waals surface area contributed by atoms with E-state index in [1.54, 1.807) is 0 Å². The molecule has 0 aromatic carbocycles. The van der Waals surface area contributed by atoms with Crippen molar-refractivity contribution in [3.63, 3.8) is 0 Å². The molecule has 0 amide bonds. The molecule has 0 aliphatic carbocycles. The molecule has 16 nitrogen and oxygen atoms in total. The summed E-state index contributed by atoms with van der Waals surface area (Å²) in [6.07, 6.45) is -6.50. The normalized spacial score (nSPS) is 12.5. The molecular formula is C12H24CoFeO16. The molecule has 0 rings (SSSR count). The van der Waals surface area contributed by atoms with Gasteiger partial charge in [0.2, 0.25) is 0 Å². The summed E-state index contributed by atoms with van der Waals surface area (Å²) < 4.78 is 0. The SMILES string of the molecule is O=C(O)C(O)CO.O=C(O)C(O)CO.O=C(O)C(O)CO.O=C(O)C(O)CO.[Co].[Fe]. The number of aliphatic carboxylic acids is 4. The summed E-state index contributed by atoms with van der Waals surface area (Å²) in [4.78, 5) is 38.1. The minimum atomic E-state index is -1.63. The molecule has 4 atom stereocenters. The van der Waals surface area contributed by atoms with Gasteiger partial charge in [-0.25, -0.2) is 19.2 Å². The molecule has 0 spiro atoms. The summed E-state index contributed by atoms with van der Waals surface area (Å²) in [6.45, 7) is -2.91. The van der Waals surface area contributed by atoms with Gasteiger partial charge in [-0.05, 0) is 0 Å². The van der Waals surface area contributed by atoms with Crippen LogP contribution in [-0.4, -0.2) is 136 Å². The molecule has 0 saturated heterocycles. The largest absolute Gasteiger partial charge is 0.479 e. The van der Waals surface area contributed by atoms with E-state index in [1.807, 2.05) is 0 Å². The number of aliphatic hydroxyl groups is 8. The number of hydrogen-bond acceptors (Lipinski definition) is 12. The molecule has 0 saturated carbocycles. The Kier molecular flexibility index (Phi) is 39.2. The van der Waals surface area contributed by atoms with Crippen LogP contribution in [0.2, 0.25) is 0 Å². The van der Waals surface area contributed by atoms with Crippen LogP contribution in [0.25, 0.3) is 0 Å². The van der Waals surface area contributed by atoms with Gasteiger partial charge in [-0.1, -0.05) is 0 Å². The van der Waals surface area contributed by atoms with Gasteiger partial charge in [0.05, 0.1) is 26.4 Å². The Morgan fingerprint density at radius 2 is 0.567 bits per heavy atom. The van der Waals surface area contributed by atoms with Crippen LogP contribution in [0.4, 0.5) is 0 Å². The van der Waals surface area contributed by atoms with Crippen molar-refractivity contribution in [1.82, 2.24) is 0 Å². The molecule has 0 fully saturated rings. The van der Waals surface area contributed by atoms with Gasteiger partial charge < -0.3 is 61.3 Å². The molecule has 0 heterocycles.